The Morgan fingerprint density at radius 3 is 2.21 bits per heavy atom. The van der Waals surface area contributed by atoms with Gasteiger partial charge in [0.1, 0.15) is 0 Å². The number of primary amides is 1. The molecular formula is C17H25BrN2O4. The Morgan fingerprint density at radius 2 is 1.75 bits per heavy atom. The summed E-state index contributed by atoms with van der Waals surface area (Å²) < 4.78 is 5.67. The SMILES string of the molecule is CC(C)[C@H](OC(=O)C12C[C@@H]3C[C@@H](CC(Br)(C3)C1)C2)C(=O)NC(N)=O. The van der Waals surface area contributed by atoms with Crippen molar-refractivity contribution in [1.29, 1.82) is 0 Å². The second-order valence-electron chi connectivity index (χ2n) is 8.32. The van der Waals surface area contributed by atoms with Crippen molar-refractivity contribution in [2.24, 2.45) is 28.9 Å². The number of urea groups is 1. The summed E-state index contributed by atoms with van der Waals surface area (Å²) in [6.45, 7) is 3.56. The number of halogens is 1. The summed E-state index contributed by atoms with van der Waals surface area (Å²) in [6, 6.07) is -0.934. The number of hydrogen-bond donors (Lipinski definition) is 2. The van der Waals surface area contributed by atoms with E-state index in [1.807, 2.05) is 5.32 Å². The summed E-state index contributed by atoms with van der Waals surface area (Å²) in [7, 11) is 0. The molecule has 134 valence electrons. The first-order valence-corrected chi connectivity index (χ1v) is 9.42. The van der Waals surface area contributed by atoms with Crippen LogP contribution in [0, 0.1) is 23.2 Å². The highest BCUT2D eigenvalue weighted by atomic mass is 79.9. The molecule has 6 nitrogen and oxygen atoms in total. The lowest BCUT2D eigenvalue weighted by Crippen LogP contribution is -2.57. The van der Waals surface area contributed by atoms with Crippen LogP contribution in [0.1, 0.15) is 52.4 Å². The lowest BCUT2D eigenvalue weighted by Gasteiger charge is -2.59. The average molecular weight is 401 g/mol. The number of nitrogens with one attached hydrogen (secondary N) is 1. The fraction of sp³-hybridized carbons (Fsp3) is 0.824. The van der Waals surface area contributed by atoms with Gasteiger partial charge in [-0.2, -0.15) is 0 Å². The number of carbonyl (C=O) groups excluding carboxylic acids is 3. The van der Waals surface area contributed by atoms with Gasteiger partial charge >= 0.3 is 12.0 Å². The molecule has 4 saturated carbocycles. The normalized spacial score (nSPS) is 38.0. The van der Waals surface area contributed by atoms with E-state index in [1.165, 1.54) is 6.42 Å². The van der Waals surface area contributed by atoms with E-state index in [-0.39, 0.29) is 16.2 Å². The summed E-state index contributed by atoms with van der Waals surface area (Å²) in [5.74, 6) is -0.0757. The van der Waals surface area contributed by atoms with E-state index in [4.69, 9.17) is 10.5 Å². The standard InChI is InChI=1S/C17H25BrN2O4/c1-9(2)12(13(21)20-15(19)23)24-14(22)16-4-10-3-11(5-16)7-17(18,6-10)8-16/h9-12H,3-8H2,1-2H3,(H3,19,20,21,23)/t10-,11+,12-,16?,17?/m0/s1. The van der Waals surface area contributed by atoms with E-state index in [1.54, 1.807) is 13.8 Å². The van der Waals surface area contributed by atoms with Crippen LogP contribution in [0.4, 0.5) is 4.79 Å². The number of amides is 3. The Kier molecular flexibility index (Phi) is 4.43. The van der Waals surface area contributed by atoms with Gasteiger partial charge in [0.15, 0.2) is 6.10 Å². The van der Waals surface area contributed by atoms with E-state index < -0.39 is 23.5 Å². The largest absolute Gasteiger partial charge is 0.452 e. The molecule has 4 bridgehead atoms. The Bertz CT molecular complexity index is 563. The van der Waals surface area contributed by atoms with E-state index in [0.29, 0.717) is 11.8 Å². The van der Waals surface area contributed by atoms with Gasteiger partial charge < -0.3 is 10.5 Å². The van der Waals surface area contributed by atoms with Crippen LogP contribution in [0.25, 0.3) is 0 Å². The average Bonchev–Trinajstić information content (AvgIpc) is 2.40. The molecule has 0 aromatic rings. The molecule has 0 aromatic carbocycles. The van der Waals surface area contributed by atoms with Gasteiger partial charge in [-0.25, -0.2) is 4.79 Å². The molecule has 0 radical (unpaired) electrons. The molecule has 5 atom stereocenters. The maximum atomic E-state index is 13.0. The quantitative estimate of drug-likeness (QED) is 0.559. The number of hydrogen-bond acceptors (Lipinski definition) is 4. The third-order valence-electron chi connectivity index (χ3n) is 5.77. The predicted molar refractivity (Wildman–Crippen MR) is 91.2 cm³/mol. The molecule has 4 aliphatic carbocycles. The van der Waals surface area contributed by atoms with Gasteiger partial charge in [-0.1, -0.05) is 29.8 Å². The molecule has 24 heavy (non-hydrogen) atoms. The smallest absolute Gasteiger partial charge is 0.318 e. The maximum absolute atomic E-state index is 13.0. The molecule has 0 saturated heterocycles. The van der Waals surface area contributed by atoms with Gasteiger partial charge in [-0.3, -0.25) is 14.9 Å². The van der Waals surface area contributed by atoms with Crippen LogP contribution < -0.4 is 11.1 Å². The Morgan fingerprint density at radius 1 is 1.17 bits per heavy atom. The first-order chi connectivity index (χ1) is 11.1. The molecule has 2 unspecified atom stereocenters. The Labute approximate surface area is 150 Å². The van der Waals surface area contributed by atoms with Gasteiger partial charge in [0.2, 0.25) is 0 Å². The van der Waals surface area contributed by atoms with E-state index in [2.05, 4.69) is 15.9 Å². The highest BCUT2D eigenvalue weighted by Gasteiger charge is 2.61. The van der Waals surface area contributed by atoms with Crippen LogP contribution in [-0.2, 0) is 14.3 Å². The zero-order chi connectivity index (χ0) is 17.7. The number of nitrogens with two attached hydrogens (primary N) is 1. The van der Waals surface area contributed by atoms with Crippen molar-refractivity contribution in [2.75, 3.05) is 0 Å². The minimum Gasteiger partial charge on any atom is -0.452 e. The van der Waals surface area contributed by atoms with Crippen LogP contribution >= 0.6 is 15.9 Å². The van der Waals surface area contributed by atoms with Crippen LogP contribution in [0.2, 0.25) is 0 Å². The molecule has 3 amide bonds. The van der Waals surface area contributed by atoms with Crippen molar-refractivity contribution in [3.05, 3.63) is 0 Å². The molecule has 0 aliphatic heterocycles. The van der Waals surface area contributed by atoms with Crippen LogP contribution in [0.5, 0.6) is 0 Å². The summed E-state index contributed by atoms with van der Waals surface area (Å²) in [5, 5.41) is 2.02. The molecule has 4 rings (SSSR count). The zero-order valence-electron chi connectivity index (χ0n) is 14.1. The van der Waals surface area contributed by atoms with Crippen molar-refractivity contribution in [3.8, 4) is 0 Å². The number of rotatable bonds is 4. The van der Waals surface area contributed by atoms with Crippen LogP contribution in [0.3, 0.4) is 0 Å². The molecular weight excluding hydrogens is 376 g/mol. The first-order valence-electron chi connectivity index (χ1n) is 8.63. The van der Waals surface area contributed by atoms with Gasteiger partial charge in [0.05, 0.1) is 5.41 Å². The maximum Gasteiger partial charge on any atom is 0.318 e. The third kappa shape index (κ3) is 3.19. The number of esters is 1. The molecule has 3 N–H and O–H groups in total. The van der Waals surface area contributed by atoms with Crippen LogP contribution in [-0.4, -0.2) is 28.3 Å². The molecule has 7 heteroatoms. The molecule has 4 fully saturated rings. The molecule has 4 aliphatic rings. The molecule has 0 spiro atoms. The second-order valence-corrected chi connectivity index (χ2v) is 10.00. The zero-order valence-corrected chi connectivity index (χ0v) is 15.7. The lowest BCUT2D eigenvalue weighted by molar-refractivity contribution is -0.179. The number of imide groups is 1. The lowest BCUT2D eigenvalue weighted by atomic mass is 9.49. The molecule has 0 heterocycles. The fourth-order valence-electron chi connectivity index (χ4n) is 5.31. The van der Waals surface area contributed by atoms with Gasteiger partial charge in [-0.15, -0.1) is 0 Å². The third-order valence-corrected chi connectivity index (χ3v) is 6.69. The summed E-state index contributed by atoms with van der Waals surface area (Å²) >= 11 is 3.87. The van der Waals surface area contributed by atoms with Crippen molar-refractivity contribution >= 4 is 33.8 Å². The van der Waals surface area contributed by atoms with E-state index in [0.717, 1.165) is 32.1 Å². The monoisotopic (exact) mass is 400 g/mol. The minimum absolute atomic E-state index is 0.0406. The fourth-order valence-corrected chi connectivity index (χ4v) is 6.77. The summed E-state index contributed by atoms with van der Waals surface area (Å²) in [5.41, 5.74) is 4.52. The van der Waals surface area contributed by atoms with Crippen LogP contribution in [0.15, 0.2) is 0 Å². The Hall–Kier alpha value is -1.11. The number of carbonyl (C=O) groups is 3. The van der Waals surface area contributed by atoms with Gasteiger partial charge in [0, 0.05) is 4.32 Å². The highest BCUT2D eigenvalue weighted by Crippen LogP contribution is 2.64. The summed E-state index contributed by atoms with van der Waals surface area (Å²) in [4.78, 5) is 36.1. The van der Waals surface area contributed by atoms with Gasteiger partial charge in [0.25, 0.3) is 5.91 Å². The molecule has 0 aromatic heterocycles. The second kappa shape index (κ2) is 6.00. The highest BCUT2D eigenvalue weighted by molar-refractivity contribution is 9.10. The summed E-state index contributed by atoms with van der Waals surface area (Å²) in [6.07, 6.45) is 4.90. The number of alkyl halides is 1. The first kappa shape index (κ1) is 17.7. The van der Waals surface area contributed by atoms with Crippen molar-refractivity contribution in [1.82, 2.24) is 5.32 Å². The van der Waals surface area contributed by atoms with E-state index in [9.17, 15) is 14.4 Å². The van der Waals surface area contributed by atoms with E-state index >= 15 is 0 Å². The van der Waals surface area contributed by atoms with Crippen molar-refractivity contribution < 1.29 is 19.1 Å². The minimum atomic E-state index is -0.996. The van der Waals surface area contributed by atoms with Gasteiger partial charge in [-0.05, 0) is 56.3 Å². The van der Waals surface area contributed by atoms with Crippen molar-refractivity contribution in [2.45, 2.75) is 62.8 Å². The predicted octanol–water partition coefficient (Wildman–Crippen LogP) is 2.48. The topological polar surface area (TPSA) is 98.5 Å². The van der Waals surface area contributed by atoms with Crippen molar-refractivity contribution in [3.63, 3.8) is 0 Å². The Balaban J connectivity index is 1.76. The number of ether oxygens (including phenoxy) is 1.